The first-order valence-electron chi connectivity index (χ1n) is 9.86. The number of rotatable bonds is 7. The van der Waals surface area contributed by atoms with Crippen LogP contribution in [0.3, 0.4) is 0 Å². The van der Waals surface area contributed by atoms with Gasteiger partial charge in [0.05, 0.1) is 25.0 Å². The molecule has 1 aliphatic rings. The molecule has 1 heterocycles. The average Bonchev–Trinajstić information content (AvgIpc) is 3.21. The number of anilines is 1. The van der Waals surface area contributed by atoms with E-state index in [9.17, 15) is 14.4 Å². The number of nitrogens with one attached hydrogen (secondary N) is 2. The van der Waals surface area contributed by atoms with Gasteiger partial charge in [0.25, 0.3) is 11.8 Å². The van der Waals surface area contributed by atoms with E-state index in [-0.39, 0.29) is 5.91 Å². The van der Waals surface area contributed by atoms with Crippen LogP contribution < -0.4 is 25.2 Å². The Morgan fingerprint density at radius 1 is 1.07 bits per heavy atom. The van der Waals surface area contributed by atoms with Gasteiger partial charge >= 0.3 is 0 Å². The van der Waals surface area contributed by atoms with E-state index in [0.717, 1.165) is 12.8 Å². The van der Waals surface area contributed by atoms with E-state index in [4.69, 9.17) is 9.47 Å². The summed E-state index contributed by atoms with van der Waals surface area (Å²) in [5.41, 5.74) is 5.97. The molecule has 0 aliphatic carbocycles. The van der Waals surface area contributed by atoms with E-state index in [1.807, 2.05) is 6.92 Å². The number of nitrogens with zero attached hydrogens (tertiary/aromatic N) is 1. The van der Waals surface area contributed by atoms with Crippen molar-refractivity contribution < 1.29 is 23.9 Å². The van der Waals surface area contributed by atoms with Crippen LogP contribution in [-0.4, -0.2) is 38.0 Å². The zero-order valence-electron chi connectivity index (χ0n) is 17.1. The molecule has 1 fully saturated rings. The molecule has 0 bridgehead atoms. The highest BCUT2D eigenvalue weighted by Crippen LogP contribution is 2.28. The predicted molar refractivity (Wildman–Crippen MR) is 112 cm³/mol. The molecule has 0 atom stereocenters. The van der Waals surface area contributed by atoms with Crippen LogP contribution in [0, 0.1) is 0 Å². The van der Waals surface area contributed by atoms with Gasteiger partial charge in [0.15, 0.2) is 11.5 Å². The minimum absolute atomic E-state index is 0.0169. The molecule has 2 aromatic carbocycles. The number of carbonyl (C=O) groups is 3. The van der Waals surface area contributed by atoms with Gasteiger partial charge in [0.1, 0.15) is 0 Å². The first-order chi connectivity index (χ1) is 14.5. The second-order valence-electron chi connectivity index (χ2n) is 6.79. The predicted octanol–water partition coefficient (Wildman–Crippen LogP) is 2.69. The number of carbonyl (C=O) groups excluding carboxylic acids is 3. The number of hydrogen-bond donors (Lipinski definition) is 2. The van der Waals surface area contributed by atoms with Crippen LogP contribution in [0.15, 0.2) is 42.5 Å². The van der Waals surface area contributed by atoms with Crippen LogP contribution in [0.25, 0.3) is 0 Å². The highest BCUT2D eigenvalue weighted by Gasteiger charge is 2.25. The molecule has 0 unspecified atom stereocenters. The van der Waals surface area contributed by atoms with Gasteiger partial charge in [-0.05, 0) is 43.2 Å². The maximum atomic E-state index is 12.7. The Labute approximate surface area is 175 Å². The summed E-state index contributed by atoms with van der Waals surface area (Å²) < 4.78 is 10.9. The van der Waals surface area contributed by atoms with Gasteiger partial charge in [-0.1, -0.05) is 19.1 Å². The molecule has 30 heavy (non-hydrogen) atoms. The molecular weight excluding hydrogens is 386 g/mol. The topological polar surface area (TPSA) is 97.0 Å². The van der Waals surface area contributed by atoms with Gasteiger partial charge in [0, 0.05) is 18.5 Å². The van der Waals surface area contributed by atoms with E-state index in [2.05, 4.69) is 10.9 Å². The van der Waals surface area contributed by atoms with Crippen molar-refractivity contribution in [1.29, 1.82) is 0 Å². The van der Waals surface area contributed by atoms with Crippen molar-refractivity contribution in [3.8, 4) is 11.5 Å². The maximum Gasteiger partial charge on any atom is 0.271 e. The lowest BCUT2D eigenvalue weighted by Crippen LogP contribution is -2.42. The fourth-order valence-corrected chi connectivity index (χ4v) is 3.20. The largest absolute Gasteiger partial charge is 0.493 e. The Kier molecular flexibility index (Phi) is 6.90. The smallest absolute Gasteiger partial charge is 0.271 e. The lowest BCUT2D eigenvalue weighted by molar-refractivity contribution is -0.117. The number of para-hydroxylation sites is 1. The number of methoxy groups -OCH3 is 1. The summed E-state index contributed by atoms with van der Waals surface area (Å²) in [6.07, 6.45) is 2.07. The Balaban J connectivity index is 1.68. The molecule has 0 spiro atoms. The average molecular weight is 411 g/mol. The normalized spacial score (nSPS) is 13.1. The summed E-state index contributed by atoms with van der Waals surface area (Å²) in [6, 6.07) is 11.6. The van der Waals surface area contributed by atoms with Gasteiger partial charge in [-0.25, -0.2) is 0 Å². The van der Waals surface area contributed by atoms with E-state index in [1.165, 1.54) is 7.11 Å². The van der Waals surface area contributed by atoms with Crippen LogP contribution in [0.2, 0.25) is 0 Å². The standard InChI is InChI=1S/C22H25N3O5/c1-3-13-30-18-11-10-15(14-19(18)29-2)21(27)23-24-22(28)16-7-4-5-8-17(16)25-12-6-9-20(25)26/h4-5,7-8,10-11,14H,3,6,9,12-13H2,1-2H3,(H,23,27)(H,24,28). The van der Waals surface area contributed by atoms with Gasteiger partial charge in [-0.15, -0.1) is 0 Å². The zero-order valence-corrected chi connectivity index (χ0v) is 17.1. The summed E-state index contributed by atoms with van der Waals surface area (Å²) in [5.74, 6) is -0.0480. The molecule has 8 heteroatoms. The summed E-state index contributed by atoms with van der Waals surface area (Å²) in [4.78, 5) is 38.8. The highest BCUT2D eigenvalue weighted by molar-refractivity contribution is 6.06. The van der Waals surface area contributed by atoms with Gasteiger partial charge < -0.3 is 14.4 Å². The molecule has 3 amide bonds. The van der Waals surface area contributed by atoms with E-state index >= 15 is 0 Å². The quantitative estimate of drug-likeness (QED) is 0.683. The van der Waals surface area contributed by atoms with Crippen molar-refractivity contribution >= 4 is 23.4 Å². The highest BCUT2D eigenvalue weighted by atomic mass is 16.5. The van der Waals surface area contributed by atoms with Crippen LogP contribution in [0.5, 0.6) is 11.5 Å². The lowest BCUT2D eigenvalue weighted by atomic mass is 10.1. The van der Waals surface area contributed by atoms with Gasteiger partial charge in [0.2, 0.25) is 5.91 Å². The second kappa shape index (κ2) is 9.78. The number of hydrogen-bond acceptors (Lipinski definition) is 5. The third kappa shape index (κ3) is 4.71. The van der Waals surface area contributed by atoms with Crippen molar-refractivity contribution in [1.82, 2.24) is 10.9 Å². The van der Waals surface area contributed by atoms with Crippen molar-refractivity contribution in [2.24, 2.45) is 0 Å². The van der Waals surface area contributed by atoms with Crippen molar-refractivity contribution in [3.05, 3.63) is 53.6 Å². The SMILES string of the molecule is CCCOc1ccc(C(=O)NNC(=O)c2ccccc2N2CCCC2=O)cc1OC. The van der Waals surface area contributed by atoms with E-state index < -0.39 is 11.8 Å². The molecule has 158 valence electrons. The Morgan fingerprint density at radius 2 is 1.83 bits per heavy atom. The molecule has 1 saturated heterocycles. The first kappa shape index (κ1) is 21.2. The number of ether oxygens (including phenoxy) is 2. The molecule has 2 N–H and O–H groups in total. The van der Waals surface area contributed by atoms with Crippen LogP contribution in [0.1, 0.15) is 46.9 Å². The third-order valence-electron chi connectivity index (χ3n) is 4.69. The first-order valence-corrected chi connectivity index (χ1v) is 9.86. The maximum absolute atomic E-state index is 12.7. The molecule has 0 radical (unpaired) electrons. The Hall–Kier alpha value is -3.55. The third-order valence-corrected chi connectivity index (χ3v) is 4.69. The van der Waals surface area contributed by atoms with Crippen LogP contribution >= 0.6 is 0 Å². The summed E-state index contributed by atoms with van der Waals surface area (Å²) in [7, 11) is 1.49. The Bertz CT molecular complexity index is 944. The van der Waals surface area contributed by atoms with Crippen molar-refractivity contribution in [3.63, 3.8) is 0 Å². The molecule has 0 saturated carbocycles. The minimum Gasteiger partial charge on any atom is -0.493 e. The molecule has 0 aromatic heterocycles. The zero-order chi connectivity index (χ0) is 21.5. The Morgan fingerprint density at radius 3 is 2.53 bits per heavy atom. The fourth-order valence-electron chi connectivity index (χ4n) is 3.20. The summed E-state index contributed by atoms with van der Waals surface area (Å²) in [6.45, 7) is 3.10. The molecule has 1 aliphatic heterocycles. The molecule has 3 rings (SSSR count). The minimum atomic E-state index is -0.506. The lowest BCUT2D eigenvalue weighted by Gasteiger charge is -2.19. The summed E-state index contributed by atoms with van der Waals surface area (Å²) in [5, 5.41) is 0. The van der Waals surface area contributed by atoms with Crippen molar-refractivity contribution in [2.45, 2.75) is 26.2 Å². The molecular formula is C22H25N3O5. The van der Waals surface area contributed by atoms with E-state index in [0.29, 0.717) is 47.9 Å². The van der Waals surface area contributed by atoms with Gasteiger partial charge in [-0.2, -0.15) is 0 Å². The van der Waals surface area contributed by atoms with Crippen LogP contribution in [-0.2, 0) is 4.79 Å². The summed E-state index contributed by atoms with van der Waals surface area (Å²) >= 11 is 0. The van der Waals surface area contributed by atoms with Gasteiger partial charge in [-0.3, -0.25) is 25.2 Å². The molecule has 2 aromatic rings. The number of hydrazine groups is 1. The number of benzene rings is 2. The van der Waals surface area contributed by atoms with Crippen LogP contribution in [0.4, 0.5) is 5.69 Å². The fraction of sp³-hybridized carbons (Fsp3) is 0.318. The monoisotopic (exact) mass is 411 g/mol. The second-order valence-corrected chi connectivity index (χ2v) is 6.79. The molecule has 8 nitrogen and oxygen atoms in total. The van der Waals surface area contributed by atoms with Crippen molar-refractivity contribution in [2.75, 3.05) is 25.2 Å². The van der Waals surface area contributed by atoms with E-state index in [1.54, 1.807) is 47.4 Å². The number of amides is 3.